The number of nitrogens with one attached hydrogen (secondary N) is 1. The molecule has 4 heteroatoms. The first-order valence-corrected chi connectivity index (χ1v) is 7.05. The van der Waals surface area contributed by atoms with E-state index in [0.717, 1.165) is 31.2 Å². The van der Waals surface area contributed by atoms with Crippen LogP contribution in [0, 0.1) is 11.7 Å². The lowest BCUT2D eigenvalue weighted by molar-refractivity contribution is -0.121. The van der Waals surface area contributed by atoms with Crippen LogP contribution in [-0.4, -0.2) is 18.7 Å². The van der Waals surface area contributed by atoms with Crippen LogP contribution < -0.4 is 5.32 Å². The van der Waals surface area contributed by atoms with Gasteiger partial charge in [0.25, 0.3) is 5.91 Å². The van der Waals surface area contributed by atoms with Gasteiger partial charge in [0, 0.05) is 13.0 Å². The highest BCUT2D eigenvalue weighted by Gasteiger charge is 2.25. The quantitative estimate of drug-likeness (QED) is 0.923. The fourth-order valence-corrected chi connectivity index (χ4v) is 2.94. The zero-order valence-corrected chi connectivity index (χ0v) is 11.9. The Morgan fingerprint density at radius 2 is 1.85 bits per heavy atom. The minimum Gasteiger partial charge on any atom is -0.355 e. The van der Waals surface area contributed by atoms with E-state index in [9.17, 15) is 14.0 Å². The first kappa shape index (κ1) is 14.7. The van der Waals surface area contributed by atoms with Crippen molar-refractivity contribution >= 4 is 11.7 Å². The second-order valence-corrected chi connectivity index (χ2v) is 5.48. The highest BCUT2D eigenvalue weighted by molar-refractivity contribution is 5.94. The lowest BCUT2D eigenvalue weighted by Crippen LogP contribution is -2.20. The van der Waals surface area contributed by atoms with Gasteiger partial charge in [-0.15, -0.1) is 0 Å². The molecular weight excluding hydrogens is 257 g/mol. The number of carbonyl (C=O) groups excluding carboxylic acids is 2. The van der Waals surface area contributed by atoms with Crippen LogP contribution in [-0.2, 0) is 4.79 Å². The highest BCUT2D eigenvalue weighted by Crippen LogP contribution is 2.36. The maximum Gasteiger partial charge on any atom is 0.253 e. The summed E-state index contributed by atoms with van der Waals surface area (Å²) < 4.78 is 13.9. The Hall–Kier alpha value is -1.71. The van der Waals surface area contributed by atoms with Gasteiger partial charge in [0.2, 0.25) is 0 Å². The zero-order chi connectivity index (χ0) is 14.7. The third-order valence-electron chi connectivity index (χ3n) is 4.24. The Balaban J connectivity index is 2.09. The van der Waals surface area contributed by atoms with Crippen molar-refractivity contribution in [3.05, 3.63) is 35.1 Å². The van der Waals surface area contributed by atoms with Crippen molar-refractivity contribution in [3.63, 3.8) is 0 Å². The number of carbonyl (C=O) groups is 2. The predicted octanol–water partition coefficient (Wildman–Crippen LogP) is 3.05. The van der Waals surface area contributed by atoms with E-state index in [1.165, 1.54) is 13.1 Å². The number of ketones is 1. The zero-order valence-electron chi connectivity index (χ0n) is 11.9. The summed E-state index contributed by atoms with van der Waals surface area (Å²) in [6.45, 7) is 1.64. The summed E-state index contributed by atoms with van der Waals surface area (Å²) in [5.74, 6) is -0.172. The lowest BCUT2D eigenvalue weighted by atomic mass is 9.77. The van der Waals surface area contributed by atoms with Crippen molar-refractivity contribution < 1.29 is 14.0 Å². The third-order valence-corrected chi connectivity index (χ3v) is 4.24. The smallest absolute Gasteiger partial charge is 0.253 e. The highest BCUT2D eigenvalue weighted by atomic mass is 19.1. The van der Waals surface area contributed by atoms with Crippen LogP contribution in [0.1, 0.15) is 54.4 Å². The summed E-state index contributed by atoms with van der Waals surface area (Å²) in [6, 6.07) is 4.83. The fraction of sp³-hybridized carbons (Fsp3) is 0.500. The van der Waals surface area contributed by atoms with Gasteiger partial charge in [0.15, 0.2) is 0 Å². The van der Waals surface area contributed by atoms with Gasteiger partial charge < -0.3 is 5.32 Å². The van der Waals surface area contributed by atoms with Crippen molar-refractivity contribution in [2.75, 3.05) is 7.05 Å². The molecule has 0 bridgehead atoms. The molecule has 1 aliphatic rings. The molecule has 2 rings (SSSR count). The standard InChI is InChI=1S/C16H20FNO2/c1-10(19)11-3-5-12(6-4-11)13-7-8-14(15(17)9-13)16(20)18-2/h7-9,11-12H,3-6H2,1-2H3,(H,18,20). The predicted molar refractivity (Wildman–Crippen MR) is 75.2 cm³/mol. The average Bonchev–Trinajstić information content (AvgIpc) is 2.46. The Kier molecular flexibility index (Phi) is 4.53. The van der Waals surface area contributed by atoms with E-state index in [1.807, 2.05) is 6.07 Å². The second-order valence-electron chi connectivity index (χ2n) is 5.48. The van der Waals surface area contributed by atoms with Gasteiger partial charge >= 0.3 is 0 Å². The molecule has 0 aliphatic heterocycles. The molecule has 1 amide bonds. The van der Waals surface area contributed by atoms with Gasteiger partial charge in [-0.1, -0.05) is 6.07 Å². The minimum atomic E-state index is -0.476. The maximum absolute atomic E-state index is 13.9. The summed E-state index contributed by atoms with van der Waals surface area (Å²) in [5.41, 5.74) is 1.01. The fourth-order valence-electron chi connectivity index (χ4n) is 2.94. The molecule has 0 aromatic heterocycles. The van der Waals surface area contributed by atoms with Crippen molar-refractivity contribution in [1.29, 1.82) is 0 Å². The van der Waals surface area contributed by atoms with E-state index in [4.69, 9.17) is 0 Å². The van der Waals surface area contributed by atoms with Crippen LogP contribution in [0.5, 0.6) is 0 Å². The number of hydrogen-bond donors (Lipinski definition) is 1. The number of Topliss-reactive ketones (excluding diaryl/α,β-unsaturated/α-hetero) is 1. The summed E-state index contributed by atoms with van der Waals surface area (Å²) in [7, 11) is 1.48. The van der Waals surface area contributed by atoms with E-state index < -0.39 is 11.7 Å². The van der Waals surface area contributed by atoms with Gasteiger partial charge in [-0.2, -0.15) is 0 Å². The number of benzene rings is 1. The molecule has 1 N–H and O–H groups in total. The number of halogens is 1. The molecule has 1 aliphatic carbocycles. The molecule has 1 aromatic carbocycles. The van der Waals surface area contributed by atoms with Crippen LogP contribution in [0.2, 0.25) is 0 Å². The normalized spacial score (nSPS) is 22.4. The summed E-state index contributed by atoms with van der Waals surface area (Å²) in [5, 5.41) is 2.42. The summed E-state index contributed by atoms with van der Waals surface area (Å²) in [4.78, 5) is 22.8. The second kappa shape index (κ2) is 6.16. The lowest BCUT2D eigenvalue weighted by Gasteiger charge is -2.27. The molecule has 0 spiro atoms. The molecule has 1 saturated carbocycles. The first-order chi connectivity index (χ1) is 9.52. The van der Waals surface area contributed by atoms with Crippen LogP contribution in [0.15, 0.2) is 18.2 Å². The van der Waals surface area contributed by atoms with Gasteiger partial charge in [0.1, 0.15) is 11.6 Å². The molecule has 0 radical (unpaired) electrons. The molecule has 0 atom stereocenters. The molecule has 20 heavy (non-hydrogen) atoms. The largest absolute Gasteiger partial charge is 0.355 e. The van der Waals surface area contributed by atoms with E-state index in [2.05, 4.69) is 5.32 Å². The summed E-state index contributed by atoms with van der Waals surface area (Å²) >= 11 is 0. The van der Waals surface area contributed by atoms with Crippen LogP contribution >= 0.6 is 0 Å². The monoisotopic (exact) mass is 277 g/mol. The molecule has 0 heterocycles. The Labute approximate surface area is 118 Å². The van der Waals surface area contributed by atoms with Gasteiger partial charge in [-0.3, -0.25) is 9.59 Å². The molecular formula is C16H20FNO2. The molecule has 3 nitrogen and oxygen atoms in total. The topological polar surface area (TPSA) is 46.2 Å². The molecule has 1 fully saturated rings. The van der Waals surface area contributed by atoms with Gasteiger partial charge in [-0.25, -0.2) is 4.39 Å². The van der Waals surface area contributed by atoms with Crippen molar-refractivity contribution in [3.8, 4) is 0 Å². The number of rotatable bonds is 3. The number of hydrogen-bond acceptors (Lipinski definition) is 2. The summed E-state index contributed by atoms with van der Waals surface area (Å²) in [6.07, 6.45) is 3.56. The Morgan fingerprint density at radius 1 is 1.20 bits per heavy atom. The Bertz CT molecular complexity index is 519. The minimum absolute atomic E-state index is 0.0775. The van der Waals surface area contributed by atoms with Crippen LogP contribution in [0.3, 0.4) is 0 Å². The third kappa shape index (κ3) is 3.06. The van der Waals surface area contributed by atoms with E-state index in [0.29, 0.717) is 5.92 Å². The molecule has 1 aromatic rings. The average molecular weight is 277 g/mol. The molecule has 0 unspecified atom stereocenters. The van der Waals surface area contributed by atoms with Gasteiger partial charge in [0.05, 0.1) is 5.56 Å². The maximum atomic E-state index is 13.9. The SMILES string of the molecule is CNC(=O)c1ccc(C2CCC(C(C)=O)CC2)cc1F. The van der Waals surface area contributed by atoms with Gasteiger partial charge in [-0.05, 0) is 56.2 Å². The van der Waals surface area contributed by atoms with Crippen molar-refractivity contribution in [1.82, 2.24) is 5.32 Å². The van der Waals surface area contributed by atoms with Crippen molar-refractivity contribution in [2.45, 2.75) is 38.5 Å². The van der Waals surface area contributed by atoms with E-state index >= 15 is 0 Å². The van der Waals surface area contributed by atoms with Crippen LogP contribution in [0.25, 0.3) is 0 Å². The Morgan fingerprint density at radius 3 is 2.35 bits per heavy atom. The van der Waals surface area contributed by atoms with Crippen LogP contribution in [0.4, 0.5) is 4.39 Å². The van der Waals surface area contributed by atoms with Crippen molar-refractivity contribution in [2.24, 2.45) is 5.92 Å². The van der Waals surface area contributed by atoms with E-state index in [-0.39, 0.29) is 17.3 Å². The first-order valence-electron chi connectivity index (χ1n) is 7.05. The molecule has 108 valence electrons. The molecule has 0 saturated heterocycles. The number of amides is 1. The van der Waals surface area contributed by atoms with E-state index in [1.54, 1.807) is 13.0 Å².